The number of likely N-dealkylation sites (tertiary alicyclic amines) is 1. The third-order valence-corrected chi connectivity index (χ3v) is 5.02. The van der Waals surface area contributed by atoms with Gasteiger partial charge >= 0.3 is 0 Å². The molecule has 1 aliphatic heterocycles. The number of amides is 1. The van der Waals surface area contributed by atoms with E-state index >= 15 is 0 Å². The van der Waals surface area contributed by atoms with Crippen LogP contribution in [-0.2, 0) is 16.0 Å². The topological polar surface area (TPSA) is 55.6 Å². The van der Waals surface area contributed by atoms with Crippen molar-refractivity contribution in [3.63, 3.8) is 0 Å². The molecule has 26 heavy (non-hydrogen) atoms. The molecule has 1 amide bonds. The molecule has 0 bridgehead atoms. The molecular formula is C21H28N2O3. The van der Waals surface area contributed by atoms with E-state index in [4.69, 9.17) is 9.15 Å². The summed E-state index contributed by atoms with van der Waals surface area (Å²) in [6, 6.07) is 7.99. The molecular weight excluding hydrogens is 328 g/mol. The summed E-state index contributed by atoms with van der Waals surface area (Å²) >= 11 is 0. The Kier molecular flexibility index (Phi) is 6.09. The molecule has 1 unspecified atom stereocenters. The number of rotatable bonds is 6. The van der Waals surface area contributed by atoms with Gasteiger partial charge in [-0.15, -0.1) is 0 Å². The molecule has 140 valence electrons. The number of hydrogen-bond acceptors (Lipinski definition) is 4. The van der Waals surface area contributed by atoms with Gasteiger partial charge in [-0.1, -0.05) is 18.2 Å². The minimum absolute atomic E-state index is 0.124. The quantitative estimate of drug-likeness (QED) is 0.790. The first-order valence-electron chi connectivity index (χ1n) is 9.46. The summed E-state index contributed by atoms with van der Waals surface area (Å²) in [5.74, 6) is 1.88. The number of piperidine rings is 1. The van der Waals surface area contributed by atoms with Crippen LogP contribution in [0.5, 0.6) is 0 Å². The molecule has 3 rings (SSSR count). The Morgan fingerprint density at radius 1 is 1.35 bits per heavy atom. The Morgan fingerprint density at radius 3 is 2.92 bits per heavy atom. The molecule has 0 radical (unpaired) electrons. The highest BCUT2D eigenvalue weighted by molar-refractivity contribution is 5.79. The van der Waals surface area contributed by atoms with Gasteiger partial charge in [0, 0.05) is 25.3 Å². The maximum atomic E-state index is 12.8. The molecule has 2 aromatic rings. The van der Waals surface area contributed by atoms with Gasteiger partial charge in [0.15, 0.2) is 0 Å². The minimum Gasteiger partial charge on any atom is -0.441 e. The fourth-order valence-electron chi connectivity index (χ4n) is 3.49. The van der Waals surface area contributed by atoms with Gasteiger partial charge in [0.1, 0.15) is 5.76 Å². The lowest BCUT2D eigenvalue weighted by Crippen LogP contribution is -2.42. The van der Waals surface area contributed by atoms with Crippen molar-refractivity contribution >= 4 is 5.91 Å². The van der Waals surface area contributed by atoms with Gasteiger partial charge in [0.2, 0.25) is 11.8 Å². The number of carbonyl (C=O) groups excluding carboxylic acids is 1. The van der Waals surface area contributed by atoms with Crippen molar-refractivity contribution < 1.29 is 13.9 Å². The van der Waals surface area contributed by atoms with Gasteiger partial charge in [0.25, 0.3) is 0 Å². The van der Waals surface area contributed by atoms with E-state index in [1.165, 1.54) is 0 Å². The van der Waals surface area contributed by atoms with Crippen molar-refractivity contribution in [3.05, 3.63) is 41.3 Å². The summed E-state index contributed by atoms with van der Waals surface area (Å²) in [5, 5.41) is 0. The Labute approximate surface area is 155 Å². The number of oxazole rings is 1. The van der Waals surface area contributed by atoms with Crippen molar-refractivity contribution in [2.24, 2.45) is 5.92 Å². The average Bonchev–Trinajstić information content (AvgIpc) is 3.01. The van der Waals surface area contributed by atoms with Gasteiger partial charge in [0.05, 0.1) is 18.7 Å². The second-order valence-electron chi connectivity index (χ2n) is 7.02. The van der Waals surface area contributed by atoms with Crippen LogP contribution in [0.25, 0.3) is 11.5 Å². The van der Waals surface area contributed by atoms with Crippen LogP contribution in [0, 0.1) is 19.8 Å². The molecule has 1 atom stereocenters. The van der Waals surface area contributed by atoms with Crippen LogP contribution in [-0.4, -0.2) is 42.1 Å². The number of benzene rings is 1. The van der Waals surface area contributed by atoms with Crippen LogP contribution in [0.4, 0.5) is 0 Å². The first-order chi connectivity index (χ1) is 12.6. The van der Waals surface area contributed by atoms with Crippen LogP contribution in [0.2, 0.25) is 0 Å². The van der Waals surface area contributed by atoms with E-state index in [0.29, 0.717) is 18.2 Å². The lowest BCUT2D eigenvalue weighted by molar-refractivity contribution is -0.132. The number of carbonyl (C=O) groups is 1. The first-order valence-corrected chi connectivity index (χ1v) is 9.46. The third-order valence-electron chi connectivity index (χ3n) is 5.02. The van der Waals surface area contributed by atoms with Crippen LogP contribution in [0.1, 0.15) is 36.8 Å². The van der Waals surface area contributed by atoms with Crippen molar-refractivity contribution in [2.45, 2.75) is 40.0 Å². The largest absolute Gasteiger partial charge is 0.441 e. The van der Waals surface area contributed by atoms with Crippen LogP contribution < -0.4 is 0 Å². The molecule has 0 aliphatic carbocycles. The highest BCUT2D eigenvalue weighted by Gasteiger charge is 2.25. The monoisotopic (exact) mass is 356 g/mol. The van der Waals surface area contributed by atoms with Gasteiger partial charge in [-0.25, -0.2) is 4.98 Å². The van der Waals surface area contributed by atoms with Gasteiger partial charge in [-0.2, -0.15) is 0 Å². The first kappa shape index (κ1) is 18.6. The zero-order chi connectivity index (χ0) is 18.5. The zero-order valence-corrected chi connectivity index (χ0v) is 16.0. The SMILES string of the molecule is CCOCC1CCCN(C(=O)Cc2nc(-c3ccccc3C)oc2C)C1. The number of hydrogen-bond donors (Lipinski definition) is 0. The van der Waals surface area contributed by atoms with Crippen molar-refractivity contribution in [2.75, 3.05) is 26.3 Å². The number of aromatic nitrogens is 1. The summed E-state index contributed by atoms with van der Waals surface area (Å²) in [6.45, 7) is 8.98. The molecule has 5 nitrogen and oxygen atoms in total. The molecule has 1 aromatic carbocycles. The summed E-state index contributed by atoms with van der Waals surface area (Å²) < 4.78 is 11.4. The third kappa shape index (κ3) is 4.33. The number of ether oxygens (including phenoxy) is 1. The van der Waals surface area contributed by atoms with Crippen molar-refractivity contribution in [1.29, 1.82) is 0 Å². The van der Waals surface area contributed by atoms with E-state index in [0.717, 1.165) is 61.7 Å². The Balaban J connectivity index is 1.67. The minimum atomic E-state index is 0.124. The van der Waals surface area contributed by atoms with E-state index < -0.39 is 0 Å². The van der Waals surface area contributed by atoms with Crippen LogP contribution in [0.15, 0.2) is 28.7 Å². The van der Waals surface area contributed by atoms with E-state index in [1.54, 1.807) is 0 Å². The molecule has 1 aromatic heterocycles. The predicted octanol–water partition coefficient (Wildman–Crippen LogP) is 3.78. The molecule has 1 saturated heterocycles. The van der Waals surface area contributed by atoms with Crippen LogP contribution in [0.3, 0.4) is 0 Å². The number of nitrogens with zero attached hydrogens (tertiary/aromatic N) is 2. The van der Waals surface area contributed by atoms with Crippen molar-refractivity contribution in [1.82, 2.24) is 9.88 Å². The van der Waals surface area contributed by atoms with E-state index in [1.807, 2.05) is 49.9 Å². The lowest BCUT2D eigenvalue weighted by atomic mass is 9.98. The summed E-state index contributed by atoms with van der Waals surface area (Å²) in [6.07, 6.45) is 2.46. The smallest absolute Gasteiger partial charge is 0.228 e. The summed E-state index contributed by atoms with van der Waals surface area (Å²) in [7, 11) is 0. The summed E-state index contributed by atoms with van der Waals surface area (Å²) in [4.78, 5) is 19.3. The Bertz CT molecular complexity index is 753. The average molecular weight is 356 g/mol. The molecule has 5 heteroatoms. The molecule has 1 fully saturated rings. The maximum absolute atomic E-state index is 12.8. The van der Waals surface area contributed by atoms with E-state index in [-0.39, 0.29) is 5.91 Å². The fraction of sp³-hybridized carbons (Fsp3) is 0.524. The summed E-state index contributed by atoms with van der Waals surface area (Å²) in [5.41, 5.74) is 2.82. The standard InChI is InChI=1S/C21H28N2O3/c1-4-25-14-17-9-7-11-23(13-17)20(24)12-19-16(3)26-21(22-19)18-10-6-5-8-15(18)2/h5-6,8,10,17H,4,7,9,11-14H2,1-3H3. The van der Waals surface area contributed by atoms with Gasteiger partial charge in [-0.05, 0) is 51.2 Å². The Morgan fingerprint density at radius 2 is 2.15 bits per heavy atom. The van der Waals surface area contributed by atoms with Crippen molar-refractivity contribution in [3.8, 4) is 11.5 Å². The molecule has 0 N–H and O–H groups in total. The van der Waals surface area contributed by atoms with Gasteiger partial charge < -0.3 is 14.1 Å². The number of aryl methyl sites for hydroxylation is 2. The Hall–Kier alpha value is -2.14. The highest BCUT2D eigenvalue weighted by Crippen LogP contribution is 2.25. The molecule has 0 saturated carbocycles. The maximum Gasteiger partial charge on any atom is 0.228 e. The highest BCUT2D eigenvalue weighted by atomic mass is 16.5. The second kappa shape index (κ2) is 8.49. The van der Waals surface area contributed by atoms with E-state index in [9.17, 15) is 4.79 Å². The van der Waals surface area contributed by atoms with Crippen LogP contribution >= 0.6 is 0 Å². The molecule has 0 spiro atoms. The lowest BCUT2D eigenvalue weighted by Gasteiger charge is -2.32. The molecule has 1 aliphatic rings. The zero-order valence-electron chi connectivity index (χ0n) is 16.0. The van der Waals surface area contributed by atoms with Gasteiger partial charge in [-0.3, -0.25) is 4.79 Å². The normalized spacial score (nSPS) is 17.5. The molecule has 2 heterocycles. The predicted molar refractivity (Wildman–Crippen MR) is 101 cm³/mol. The fourth-order valence-corrected chi connectivity index (χ4v) is 3.49. The second-order valence-corrected chi connectivity index (χ2v) is 7.02. The van der Waals surface area contributed by atoms with E-state index in [2.05, 4.69) is 4.98 Å².